The smallest absolute Gasteiger partial charge is 0.356 e. The number of hydrogen-bond acceptors (Lipinski definition) is 10. The maximum Gasteiger partial charge on any atom is 0.356 e. The number of amides is 1. The number of carbonyl (C=O) groups is 2. The van der Waals surface area contributed by atoms with E-state index >= 15 is 0 Å². The molecule has 56 heavy (non-hydrogen) atoms. The molecule has 280 valence electrons. The number of aromatic nitrogens is 4. The third kappa shape index (κ3) is 9.12. The van der Waals surface area contributed by atoms with Crippen LogP contribution < -0.4 is 24.3 Å². The summed E-state index contributed by atoms with van der Waals surface area (Å²) in [6, 6.07) is 38.9. The summed E-state index contributed by atoms with van der Waals surface area (Å²) in [5.74, 6) is 1.47. The predicted molar refractivity (Wildman–Crippen MR) is 213 cm³/mol. The Morgan fingerprint density at radius 3 is 1.16 bits per heavy atom. The van der Waals surface area contributed by atoms with E-state index in [2.05, 4.69) is 25.3 Å². The van der Waals surface area contributed by atoms with Crippen LogP contribution in [0.1, 0.15) is 21.0 Å². The quantitative estimate of drug-likeness (QED) is 0.131. The van der Waals surface area contributed by atoms with Gasteiger partial charge in [0.25, 0.3) is 5.91 Å². The number of methoxy groups -OCH3 is 4. The first-order chi connectivity index (χ1) is 27.3. The Morgan fingerprint density at radius 1 is 0.464 bits per heavy atom. The first-order valence-corrected chi connectivity index (χ1v) is 17.2. The highest BCUT2D eigenvalue weighted by molar-refractivity contribution is 6.03. The molecule has 7 aromatic rings. The molecule has 2 aromatic heterocycles. The van der Waals surface area contributed by atoms with E-state index in [1.54, 1.807) is 40.6 Å². The standard InChI is InChI=1S/C25H21N3O3.C19H16N2O4/c1-30-20-12-8-17(9-13-20)23-24(18-10-14-21(31-2)15-11-18)28-22(16-26-23)25(29)27-19-6-4-3-5-7-19;1-24-14-7-3-12(4-8-14)17-18(21-16(11-20-17)19(22)23)13-5-9-15(25-2)10-6-13/h3-16H,1-2H3,(H,27,29);3-11H,1-2H3,(H,22,23). The molecule has 0 saturated carbocycles. The summed E-state index contributed by atoms with van der Waals surface area (Å²) in [5, 5.41) is 12.1. The van der Waals surface area contributed by atoms with Crippen molar-refractivity contribution in [3.05, 3.63) is 151 Å². The Bertz CT molecular complexity index is 2410. The van der Waals surface area contributed by atoms with Crippen LogP contribution in [0.4, 0.5) is 5.69 Å². The lowest BCUT2D eigenvalue weighted by Gasteiger charge is -2.12. The average Bonchev–Trinajstić information content (AvgIpc) is 3.26. The third-order valence-electron chi connectivity index (χ3n) is 8.48. The van der Waals surface area contributed by atoms with Crippen molar-refractivity contribution >= 4 is 17.6 Å². The topological polar surface area (TPSA) is 155 Å². The normalized spacial score (nSPS) is 10.4. The van der Waals surface area contributed by atoms with Crippen LogP contribution in [0.5, 0.6) is 23.0 Å². The molecule has 0 radical (unpaired) electrons. The molecule has 12 heteroatoms. The number of ether oxygens (including phenoxy) is 4. The Kier molecular flexibility index (Phi) is 12.2. The molecule has 1 amide bonds. The Labute approximate surface area is 323 Å². The summed E-state index contributed by atoms with van der Waals surface area (Å²) >= 11 is 0. The second-order valence-electron chi connectivity index (χ2n) is 11.9. The first-order valence-electron chi connectivity index (χ1n) is 17.2. The molecule has 2 N–H and O–H groups in total. The number of benzene rings is 5. The molecule has 0 aliphatic carbocycles. The number of para-hydroxylation sites is 1. The second kappa shape index (κ2) is 18.0. The molecule has 0 spiro atoms. The van der Waals surface area contributed by atoms with Crippen LogP contribution in [0.25, 0.3) is 45.0 Å². The lowest BCUT2D eigenvalue weighted by Crippen LogP contribution is -2.15. The molecule has 12 nitrogen and oxygen atoms in total. The zero-order valence-corrected chi connectivity index (χ0v) is 31.0. The van der Waals surface area contributed by atoms with Gasteiger partial charge in [0.1, 0.15) is 28.7 Å². The molecule has 0 saturated heterocycles. The maximum atomic E-state index is 12.8. The number of nitrogens with zero attached hydrogens (tertiary/aromatic N) is 4. The van der Waals surface area contributed by atoms with Gasteiger partial charge >= 0.3 is 5.97 Å². The van der Waals surface area contributed by atoms with E-state index in [0.29, 0.717) is 34.2 Å². The molecule has 0 aliphatic heterocycles. The molecule has 5 aromatic carbocycles. The molecule has 0 bridgehead atoms. The number of hydrogen-bond donors (Lipinski definition) is 2. The maximum absolute atomic E-state index is 12.8. The number of nitrogens with one attached hydrogen (secondary N) is 1. The molecular formula is C44H37N5O7. The first kappa shape index (κ1) is 38.1. The molecule has 2 heterocycles. The van der Waals surface area contributed by atoms with Crippen LogP contribution in [0.3, 0.4) is 0 Å². The van der Waals surface area contributed by atoms with Gasteiger partial charge in [-0.3, -0.25) is 14.8 Å². The molecule has 7 rings (SSSR count). The number of carboxylic acids is 1. The number of anilines is 1. The minimum absolute atomic E-state index is 0.108. The zero-order valence-electron chi connectivity index (χ0n) is 31.0. The number of carboxylic acid groups (broad SMARTS) is 1. The summed E-state index contributed by atoms with van der Waals surface area (Å²) in [6.07, 6.45) is 2.75. The number of aromatic carboxylic acids is 1. The Balaban J connectivity index is 0.000000194. The van der Waals surface area contributed by atoms with E-state index in [0.717, 1.165) is 39.5 Å². The third-order valence-corrected chi connectivity index (χ3v) is 8.48. The fraction of sp³-hybridized carbons (Fsp3) is 0.0909. The van der Waals surface area contributed by atoms with Crippen molar-refractivity contribution in [3.63, 3.8) is 0 Å². The van der Waals surface area contributed by atoms with E-state index in [1.807, 2.05) is 115 Å². The van der Waals surface area contributed by atoms with Gasteiger partial charge in [-0.05, 0) is 109 Å². The van der Waals surface area contributed by atoms with Gasteiger partial charge in [-0.2, -0.15) is 0 Å². The van der Waals surface area contributed by atoms with Crippen molar-refractivity contribution < 1.29 is 33.6 Å². The van der Waals surface area contributed by atoms with Crippen molar-refractivity contribution in [2.24, 2.45) is 0 Å². The second-order valence-corrected chi connectivity index (χ2v) is 11.9. The summed E-state index contributed by atoms with van der Waals surface area (Å²) < 4.78 is 20.8. The minimum atomic E-state index is -1.12. The average molecular weight is 748 g/mol. The zero-order chi connectivity index (χ0) is 39.4. The lowest BCUT2D eigenvalue weighted by molar-refractivity contribution is 0.0690. The highest BCUT2D eigenvalue weighted by atomic mass is 16.5. The largest absolute Gasteiger partial charge is 0.497 e. The summed E-state index contributed by atoms with van der Waals surface area (Å²) in [7, 11) is 6.42. The Morgan fingerprint density at radius 2 is 0.804 bits per heavy atom. The van der Waals surface area contributed by atoms with Gasteiger partial charge in [0.05, 0.1) is 63.6 Å². The van der Waals surface area contributed by atoms with Gasteiger partial charge in [-0.25, -0.2) is 14.8 Å². The monoisotopic (exact) mass is 747 g/mol. The van der Waals surface area contributed by atoms with E-state index < -0.39 is 5.97 Å². The van der Waals surface area contributed by atoms with Crippen molar-refractivity contribution in [2.75, 3.05) is 33.8 Å². The fourth-order valence-electron chi connectivity index (χ4n) is 5.53. The van der Waals surface area contributed by atoms with Gasteiger partial charge in [-0.15, -0.1) is 0 Å². The minimum Gasteiger partial charge on any atom is -0.497 e. The van der Waals surface area contributed by atoms with Crippen LogP contribution in [0, 0.1) is 0 Å². The van der Waals surface area contributed by atoms with Gasteiger partial charge < -0.3 is 29.4 Å². The van der Waals surface area contributed by atoms with Crippen molar-refractivity contribution in [3.8, 4) is 68.0 Å². The van der Waals surface area contributed by atoms with Crippen LogP contribution in [0.15, 0.2) is 140 Å². The van der Waals surface area contributed by atoms with Gasteiger partial charge in [0.2, 0.25) is 0 Å². The lowest BCUT2D eigenvalue weighted by atomic mass is 10.0. The van der Waals surface area contributed by atoms with E-state index in [4.69, 9.17) is 18.9 Å². The van der Waals surface area contributed by atoms with Gasteiger partial charge in [-0.1, -0.05) is 18.2 Å². The van der Waals surface area contributed by atoms with Crippen LogP contribution in [-0.2, 0) is 0 Å². The van der Waals surface area contributed by atoms with Crippen molar-refractivity contribution in [1.82, 2.24) is 19.9 Å². The summed E-state index contributed by atoms with van der Waals surface area (Å²) in [4.78, 5) is 41.9. The predicted octanol–water partition coefficient (Wildman–Crippen LogP) is 8.61. The molecule has 0 atom stereocenters. The van der Waals surface area contributed by atoms with E-state index in [9.17, 15) is 14.7 Å². The number of rotatable bonds is 11. The highest BCUT2D eigenvalue weighted by Gasteiger charge is 2.18. The van der Waals surface area contributed by atoms with Gasteiger partial charge in [0.15, 0.2) is 5.69 Å². The molecule has 0 aliphatic rings. The van der Waals surface area contributed by atoms with Gasteiger partial charge in [0, 0.05) is 27.9 Å². The summed E-state index contributed by atoms with van der Waals surface area (Å²) in [6.45, 7) is 0. The van der Waals surface area contributed by atoms with Crippen LogP contribution >= 0.6 is 0 Å². The highest BCUT2D eigenvalue weighted by Crippen LogP contribution is 2.33. The fourth-order valence-corrected chi connectivity index (χ4v) is 5.53. The van der Waals surface area contributed by atoms with E-state index in [-0.39, 0.29) is 17.3 Å². The van der Waals surface area contributed by atoms with Crippen molar-refractivity contribution in [2.45, 2.75) is 0 Å². The summed E-state index contributed by atoms with van der Waals surface area (Å²) in [5.41, 5.74) is 6.44. The SMILES string of the molecule is COc1ccc(-c2ncc(C(=O)Nc3ccccc3)nc2-c2ccc(OC)cc2)cc1.COc1ccc(-c2ncc(C(=O)O)nc2-c2ccc(OC)cc2)cc1. The van der Waals surface area contributed by atoms with Crippen LogP contribution in [-0.4, -0.2) is 65.4 Å². The molecule has 0 unspecified atom stereocenters. The van der Waals surface area contributed by atoms with Crippen molar-refractivity contribution in [1.29, 1.82) is 0 Å². The number of carbonyl (C=O) groups excluding carboxylic acids is 1. The molecular weight excluding hydrogens is 711 g/mol. The Hall–Kier alpha value is -7.60. The van der Waals surface area contributed by atoms with E-state index in [1.165, 1.54) is 12.4 Å². The van der Waals surface area contributed by atoms with Crippen LogP contribution in [0.2, 0.25) is 0 Å². The molecule has 0 fully saturated rings.